The highest BCUT2D eigenvalue weighted by Gasteiger charge is 2.34. The minimum absolute atomic E-state index is 0.0739. The van der Waals surface area contributed by atoms with Gasteiger partial charge in [0.1, 0.15) is 11.6 Å². The van der Waals surface area contributed by atoms with Gasteiger partial charge in [0.2, 0.25) is 5.91 Å². The molecule has 6 rings (SSSR count). The van der Waals surface area contributed by atoms with Gasteiger partial charge in [0.25, 0.3) is 0 Å². The fraction of sp³-hybridized carbons (Fsp3) is 0.400. The SMILES string of the molecule is CC(C)Oc1cnccc1-c1ccc2nc(Cc3cc(CN4CCN(C(=O)C5CC5)CC4)ccn3)[nH]c2c1. The largest absolute Gasteiger partial charge is 0.489 e. The smallest absolute Gasteiger partial charge is 0.225 e. The Morgan fingerprint density at radius 3 is 2.71 bits per heavy atom. The van der Waals surface area contributed by atoms with Crippen LogP contribution in [0.2, 0.25) is 0 Å². The molecule has 1 aromatic carbocycles. The molecule has 196 valence electrons. The van der Waals surface area contributed by atoms with Crippen LogP contribution in [0.4, 0.5) is 0 Å². The molecule has 38 heavy (non-hydrogen) atoms. The molecule has 0 radical (unpaired) electrons. The van der Waals surface area contributed by atoms with Gasteiger partial charge in [0.05, 0.1) is 23.3 Å². The van der Waals surface area contributed by atoms with Gasteiger partial charge in [-0.05, 0) is 68.1 Å². The summed E-state index contributed by atoms with van der Waals surface area (Å²) in [5, 5.41) is 0. The molecule has 0 unspecified atom stereocenters. The summed E-state index contributed by atoms with van der Waals surface area (Å²) in [4.78, 5) is 34.0. The van der Waals surface area contributed by atoms with Gasteiger partial charge in [-0.3, -0.25) is 19.7 Å². The van der Waals surface area contributed by atoms with Crippen LogP contribution < -0.4 is 4.74 Å². The van der Waals surface area contributed by atoms with Crippen molar-refractivity contribution >= 4 is 16.9 Å². The van der Waals surface area contributed by atoms with Crippen molar-refractivity contribution in [1.82, 2.24) is 29.7 Å². The number of aromatic amines is 1. The van der Waals surface area contributed by atoms with E-state index in [1.807, 2.05) is 37.1 Å². The van der Waals surface area contributed by atoms with Gasteiger partial charge in [0.15, 0.2) is 0 Å². The van der Waals surface area contributed by atoms with Gasteiger partial charge >= 0.3 is 0 Å². The zero-order valence-electron chi connectivity index (χ0n) is 22.1. The Hall–Kier alpha value is -3.78. The first kappa shape index (κ1) is 24.6. The second kappa shape index (κ2) is 10.5. The second-order valence-electron chi connectivity index (χ2n) is 10.7. The van der Waals surface area contributed by atoms with Gasteiger partial charge in [-0.25, -0.2) is 4.98 Å². The molecule has 4 heterocycles. The van der Waals surface area contributed by atoms with Gasteiger partial charge in [0, 0.05) is 68.7 Å². The number of piperazine rings is 1. The van der Waals surface area contributed by atoms with Crippen molar-refractivity contribution in [1.29, 1.82) is 0 Å². The lowest BCUT2D eigenvalue weighted by atomic mass is 10.1. The maximum absolute atomic E-state index is 12.3. The average Bonchev–Trinajstić information content (AvgIpc) is 3.69. The summed E-state index contributed by atoms with van der Waals surface area (Å²) in [5.41, 5.74) is 6.22. The number of nitrogens with one attached hydrogen (secondary N) is 1. The summed E-state index contributed by atoms with van der Waals surface area (Å²) in [6, 6.07) is 12.5. The molecule has 0 atom stereocenters. The molecule has 3 aromatic heterocycles. The number of carbonyl (C=O) groups is 1. The second-order valence-corrected chi connectivity index (χ2v) is 10.7. The maximum atomic E-state index is 12.3. The van der Waals surface area contributed by atoms with Crippen LogP contribution in [0.1, 0.15) is 43.8 Å². The molecule has 8 nitrogen and oxygen atoms in total. The van der Waals surface area contributed by atoms with Crippen LogP contribution in [0, 0.1) is 5.92 Å². The fourth-order valence-corrected chi connectivity index (χ4v) is 5.15. The topological polar surface area (TPSA) is 87.2 Å². The van der Waals surface area contributed by atoms with E-state index in [4.69, 9.17) is 9.72 Å². The number of benzene rings is 1. The Kier molecular flexibility index (Phi) is 6.81. The van der Waals surface area contributed by atoms with E-state index < -0.39 is 0 Å². The Balaban J connectivity index is 1.12. The summed E-state index contributed by atoms with van der Waals surface area (Å²) in [5.74, 6) is 2.33. The van der Waals surface area contributed by atoms with E-state index in [1.165, 1.54) is 5.56 Å². The predicted molar refractivity (Wildman–Crippen MR) is 147 cm³/mol. The lowest BCUT2D eigenvalue weighted by Gasteiger charge is -2.35. The first-order valence-corrected chi connectivity index (χ1v) is 13.6. The van der Waals surface area contributed by atoms with E-state index in [9.17, 15) is 4.79 Å². The van der Waals surface area contributed by atoms with Crippen LogP contribution in [0.25, 0.3) is 22.2 Å². The van der Waals surface area contributed by atoms with Crippen LogP contribution >= 0.6 is 0 Å². The van der Waals surface area contributed by atoms with Crippen molar-refractivity contribution in [3.8, 4) is 16.9 Å². The number of fused-ring (bicyclic) bond motifs is 1. The molecular formula is C30H34N6O2. The fourth-order valence-electron chi connectivity index (χ4n) is 5.15. The first-order chi connectivity index (χ1) is 18.5. The van der Waals surface area contributed by atoms with Crippen LogP contribution in [0.15, 0.2) is 55.0 Å². The third-order valence-corrected chi connectivity index (χ3v) is 7.24. The number of ether oxygens (including phenoxy) is 1. The van der Waals surface area contributed by atoms with Gasteiger partial charge in [-0.2, -0.15) is 0 Å². The predicted octanol–water partition coefficient (Wildman–Crippen LogP) is 4.45. The molecule has 1 aliphatic carbocycles. The molecule has 0 spiro atoms. The molecule has 1 amide bonds. The number of rotatable bonds is 8. The van der Waals surface area contributed by atoms with Crippen LogP contribution in [0.5, 0.6) is 5.75 Å². The number of amides is 1. The van der Waals surface area contributed by atoms with Crippen molar-refractivity contribution in [2.45, 2.75) is 45.8 Å². The minimum atomic E-state index is 0.0739. The minimum Gasteiger partial charge on any atom is -0.489 e. The molecule has 4 aromatic rings. The van der Waals surface area contributed by atoms with Crippen LogP contribution in [0.3, 0.4) is 0 Å². The third kappa shape index (κ3) is 5.55. The number of hydrogen-bond donors (Lipinski definition) is 1. The lowest BCUT2D eigenvalue weighted by molar-refractivity contribution is -0.134. The Bertz CT molecular complexity index is 1440. The summed E-state index contributed by atoms with van der Waals surface area (Å²) >= 11 is 0. The number of imidazole rings is 1. The quantitative estimate of drug-likeness (QED) is 0.377. The maximum Gasteiger partial charge on any atom is 0.225 e. The van der Waals surface area contributed by atoms with E-state index in [0.29, 0.717) is 18.2 Å². The normalized spacial score (nSPS) is 16.3. The van der Waals surface area contributed by atoms with Gasteiger partial charge in [-0.1, -0.05) is 6.07 Å². The van der Waals surface area contributed by atoms with Crippen molar-refractivity contribution in [2.75, 3.05) is 26.2 Å². The van der Waals surface area contributed by atoms with E-state index in [1.54, 1.807) is 12.4 Å². The number of aromatic nitrogens is 4. The summed E-state index contributed by atoms with van der Waals surface area (Å²) in [6.45, 7) is 8.41. The molecule has 1 saturated heterocycles. The monoisotopic (exact) mass is 510 g/mol. The summed E-state index contributed by atoms with van der Waals surface area (Å²) < 4.78 is 5.97. The standard InChI is InChI=1S/C30H34N6O2/c1-20(2)38-28-18-31-9-8-25(28)23-5-6-26-27(16-23)34-29(33-26)17-24-15-21(7-10-32-24)19-35-11-13-36(14-12-35)30(37)22-3-4-22/h5-10,15-16,18,20,22H,3-4,11-14,17,19H2,1-2H3,(H,33,34). The first-order valence-electron chi connectivity index (χ1n) is 13.6. The molecule has 2 fully saturated rings. The summed E-state index contributed by atoms with van der Waals surface area (Å²) in [6.07, 6.45) is 8.30. The Morgan fingerprint density at radius 1 is 1.08 bits per heavy atom. The average molecular weight is 511 g/mol. The number of pyridine rings is 2. The van der Waals surface area contributed by atoms with Gasteiger partial charge in [-0.15, -0.1) is 0 Å². The van der Waals surface area contributed by atoms with E-state index in [-0.39, 0.29) is 6.10 Å². The third-order valence-electron chi connectivity index (χ3n) is 7.24. The number of H-pyrrole nitrogens is 1. The molecule has 0 bridgehead atoms. The Morgan fingerprint density at radius 2 is 1.92 bits per heavy atom. The molecular weight excluding hydrogens is 476 g/mol. The number of carbonyl (C=O) groups excluding carboxylic acids is 1. The zero-order valence-corrected chi connectivity index (χ0v) is 22.1. The highest BCUT2D eigenvalue weighted by Crippen LogP contribution is 2.32. The van der Waals surface area contributed by atoms with E-state index in [0.717, 1.165) is 85.0 Å². The molecule has 1 aliphatic heterocycles. The van der Waals surface area contributed by atoms with Crippen molar-refractivity contribution in [3.63, 3.8) is 0 Å². The molecule has 1 saturated carbocycles. The Labute approximate surface area is 223 Å². The zero-order chi connectivity index (χ0) is 26.1. The van der Waals surface area contributed by atoms with Gasteiger partial charge < -0.3 is 14.6 Å². The van der Waals surface area contributed by atoms with Crippen molar-refractivity contribution in [2.24, 2.45) is 5.92 Å². The van der Waals surface area contributed by atoms with Crippen LogP contribution in [-0.4, -0.2) is 67.9 Å². The molecule has 8 heteroatoms. The number of hydrogen-bond acceptors (Lipinski definition) is 6. The van der Waals surface area contributed by atoms with E-state index in [2.05, 4.69) is 44.1 Å². The molecule has 1 N–H and O–H groups in total. The number of nitrogens with zero attached hydrogens (tertiary/aromatic N) is 5. The lowest BCUT2D eigenvalue weighted by Crippen LogP contribution is -2.48. The van der Waals surface area contributed by atoms with Crippen molar-refractivity contribution in [3.05, 3.63) is 72.1 Å². The van der Waals surface area contributed by atoms with Crippen LogP contribution in [-0.2, 0) is 17.8 Å². The summed E-state index contributed by atoms with van der Waals surface area (Å²) in [7, 11) is 0. The van der Waals surface area contributed by atoms with Crippen molar-refractivity contribution < 1.29 is 9.53 Å². The molecule has 2 aliphatic rings. The highest BCUT2D eigenvalue weighted by atomic mass is 16.5. The van der Waals surface area contributed by atoms with E-state index >= 15 is 0 Å². The highest BCUT2D eigenvalue weighted by molar-refractivity contribution is 5.83.